The second kappa shape index (κ2) is 12.4. The fourth-order valence-electron chi connectivity index (χ4n) is 3.46. The van der Waals surface area contributed by atoms with E-state index >= 15 is 0 Å². The highest BCUT2D eigenvalue weighted by Crippen LogP contribution is 2.26. The van der Waals surface area contributed by atoms with Gasteiger partial charge in [0.15, 0.2) is 0 Å². The third-order valence-corrected chi connectivity index (χ3v) is 5.50. The van der Waals surface area contributed by atoms with Gasteiger partial charge in [0.1, 0.15) is 22.6 Å². The highest BCUT2D eigenvalue weighted by Gasteiger charge is 2.17. The Morgan fingerprint density at radius 2 is 1.22 bits per heavy atom. The Balaban J connectivity index is 2.00. The lowest BCUT2D eigenvalue weighted by Crippen LogP contribution is -2.26. The number of benzene rings is 2. The summed E-state index contributed by atoms with van der Waals surface area (Å²) < 4.78 is 5.08. The Morgan fingerprint density at radius 1 is 0.805 bits per heavy atom. The van der Waals surface area contributed by atoms with E-state index in [-0.39, 0.29) is 57.5 Å². The van der Waals surface area contributed by atoms with Gasteiger partial charge in [-0.3, -0.25) is 10.0 Å². The lowest BCUT2D eigenvalue weighted by molar-refractivity contribution is 0.0525. The fraction of sp³-hybridized carbons (Fsp3) is 0.0769. The number of hydrazine groups is 2. The summed E-state index contributed by atoms with van der Waals surface area (Å²) in [5.41, 5.74) is 12.2. The first-order valence-corrected chi connectivity index (χ1v) is 11.7. The first kappa shape index (κ1) is 29.8. The standard InChI is InChI=1S/C26H27N7O8/c1-2-41-26(40)13-7-20(18(27)11-32(29)14-3-5-16(24(36)37)22(34)9-14)31-21(8-13)19(28)12-33(30)15-4-6-17(25(38)39)23(35)10-15/h3-12,34-35H,2,27-30H2,1H3,(H,36,37)(H,38,39)/b18-11-,19-12-. The minimum Gasteiger partial charge on any atom is -0.507 e. The monoisotopic (exact) mass is 565 g/mol. The molecule has 0 bridgehead atoms. The van der Waals surface area contributed by atoms with Crippen LogP contribution in [-0.4, -0.2) is 49.9 Å². The van der Waals surface area contributed by atoms with Gasteiger partial charge in [-0.1, -0.05) is 0 Å². The van der Waals surface area contributed by atoms with Crippen LogP contribution in [0.1, 0.15) is 49.4 Å². The molecule has 3 rings (SSSR count). The number of hydrogen-bond donors (Lipinski definition) is 8. The molecule has 0 saturated heterocycles. The number of esters is 1. The van der Waals surface area contributed by atoms with Crippen LogP contribution in [-0.2, 0) is 4.74 Å². The zero-order valence-corrected chi connectivity index (χ0v) is 21.6. The topological polar surface area (TPSA) is 265 Å². The van der Waals surface area contributed by atoms with Gasteiger partial charge in [0.25, 0.3) is 0 Å². The van der Waals surface area contributed by atoms with E-state index in [4.69, 9.17) is 38.1 Å². The van der Waals surface area contributed by atoms with Crippen molar-refractivity contribution in [3.8, 4) is 11.5 Å². The maximum absolute atomic E-state index is 12.5. The molecule has 1 heterocycles. The molecule has 214 valence electrons. The van der Waals surface area contributed by atoms with Crippen LogP contribution in [0.2, 0.25) is 0 Å². The summed E-state index contributed by atoms with van der Waals surface area (Å²) in [7, 11) is 0. The van der Waals surface area contributed by atoms with Crippen LogP contribution in [0.5, 0.6) is 11.5 Å². The molecule has 15 heteroatoms. The number of rotatable bonds is 10. The summed E-state index contributed by atoms with van der Waals surface area (Å²) in [6, 6.07) is 9.93. The molecule has 0 atom stereocenters. The normalized spacial score (nSPS) is 11.6. The molecule has 0 fully saturated rings. The summed E-state index contributed by atoms with van der Waals surface area (Å²) in [4.78, 5) is 39.2. The van der Waals surface area contributed by atoms with Crippen molar-refractivity contribution in [2.75, 3.05) is 16.6 Å². The quantitative estimate of drug-likeness (QED) is 0.0979. The van der Waals surface area contributed by atoms with Gasteiger partial charge in [-0.05, 0) is 43.3 Å². The van der Waals surface area contributed by atoms with Crippen LogP contribution in [0.4, 0.5) is 11.4 Å². The van der Waals surface area contributed by atoms with E-state index in [1.165, 1.54) is 36.7 Å². The first-order valence-electron chi connectivity index (χ1n) is 11.7. The zero-order chi connectivity index (χ0) is 30.4. The van der Waals surface area contributed by atoms with Crippen molar-refractivity contribution in [2.24, 2.45) is 23.2 Å². The molecule has 41 heavy (non-hydrogen) atoms. The van der Waals surface area contributed by atoms with E-state index < -0.39 is 29.4 Å². The van der Waals surface area contributed by atoms with Gasteiger partial charge < -0.3 is 36.6 Å². The van der Waals surface area contributed by atoms with Crippen molar-refractivity contribution in [3.63, 3.8) is 0 Å². The minimum atomic E-state index is -1.32. The first-order chi connectivity index (χ1) is 19.3. The van der Waals surface area contributed by atoms with Crippen LogP contribution >= 0.6 is 0 Å². The number of nitrogens with zero attached hydrogens (tertiary/aromatic N) is 3. The van der Waals surface area contributed by atoms with E-state index in [9.17, 15) is 24.6 Å². The zero-order valence-electron chi connectivity index (χ0n) is 21.6. The molecular formula is C26H27N7O8. The molecule has 15 nitrogen and oxygen atoms in total. The van der Waals surface area contributed by atoms with Crippen molar-refractivity contribution in [1.82, 2.24) is 4.98 Å². The van der Waals surface area contributed by atoms with Gasteiger partial charge in [-0.25, -0.2) is 31.1 Å². The van der Waals surface area contributed by atoms with E-state index in [0.717, 1.165) is 34.3 Å². The van der Waals surface area contributed by atoms with Gasteiger partial charge in [-0.15, -0.1) is 0 Å². The number of ether oxygens (including phenoxy) is 1. The minimum absolute atomic E-state index is 0.0404. The predicted octanol–water partition coefficient (Wildman–Crippen LogP) is 1.34. The Morgan fingerprint density at radius 3 is 1.56 bits per heavy atom. The number of carboxylic acids is 2. The highest BCUT2D eigenvalue weighted by atomic mass is 16.5. The lowest BCUT2D eigenvalue weighted by Gasteiger charge is -2.17. The molecule has 0 spiro atoms. The van der Waals surface area contributed by atoms with Gasteiger partial charge >= 0.3 is 17.9 Å². The fourth-order valence-corrected chi connectivity index (χ4v) is 3.46. The van der Waals surface area contributed by atoms with E-state index in [0.29, 0.717) is 0 Å². The lowest BCUT2D eigenvalue weighted by atomic mass is 10.1. The highest BCUT2D eigenvalue weighted by molar-refractivity contribution is 5.93. The molecule has 3 aromatic rings. The summed E-state index contributed by atoms with van der Waals surface area (Å²) >= 11 is 0. The number of aromatic carboxylic acids is 2. The molecule has 2 aromatic carbocycles. The number of carboxylic acid groups (broad SMARTS) is 2. The van der Waals surface area contributed by atoms with Crippen molar-refractivity contribution in [2.45, 2.75) is 6.92 Å². The van der Waals surface area contributed by atoms with Crippen molar-refractivity contribution in [3.05, 3.63) is 89.0 Å². The average molecular weight is 566 g/mol. The molecular weight excluding hydrogens is 538 g/mol. The Bertz CT molecular complexity index is 1470. The average Bonchev–Trinajstić information content (AvgIpc) is 2.92. The van der Waals surface area contributed by atoms with Gasteiger partial charge in [0.05, 0.1) is 46.3 Å². The SMILES string of the molecule is CCOC(=O)c1cc(/C(N)=C/N(N)c2ccc(C(=O)O)c(O)c2)nc(/C(N)=C/N(N)c2ccc(C(=O)O)c(O)c2)c1. The third-order valence-electron chi connectivity index (χ3n) is 5.50. The van der Waals surface area contributed by atoms with Gasteiger partial charge in [-0.2, -0.15) is 0 Å². The Kier molecular flexibility index (Phi) is 8.98. The number of aromatic nitrogens is 1. The largest absolute Gasteiger partial charge is 0.507 e. The number of aromatic hydroxyl groups is 2. The maximum Gasteiger partial charge on any atom is 0.339 e. The van der Waals surface area contributed by atoms with Crippen molar-refractivity contribution in [1.29, 1.82) is 0 Å². The van der Waals surface area contributed by atoms with Crippen molar-refractivity contribution >= 4 is 40.7 Å². The molecule has 0 radical (unpaired) electrons. The molecule has 1 aromatic heterocycles. The van der Waals surface area contributed by atoms with Crippen LogP contribution < -0.4 is 33.2 Å². The maximum atomic E-state index is 12.5. The number of nitrogens with two attached hydrogens (primary N) is 4. The molecule has 0 saturated carbocycles. The van der Waals surface area contributed by atoms with E-state index in [2.05, 4.69) is 4.98 Å². The Hall–Kier alpha value is -5.80. The predicted molar refractivity (Wildman–Crippen MR) is 148 cm³/mol. The number of carbonyl (C=O) groups is 3. The van der Waals surface area contributed by atoms with Crippen molar-refractivity contribution < 1.29 is 39.5 Å². The summed E-state index contributed by atoms with van der Waals surface area (Å²) in [6.45, 7) is 1.71. The van der Waals surface area contributed by atoms with Crippen LogP contribution in [0.3, 0.4) is 0 Å². The number of phenols is 2. The molecule has 12 N–H and O–H groups in total. The van der Waals surface area contributed by atoms with Gasteiger partial charge in [0, 0.05) is 24.5 Å². The second-order valence-corrected chi connectivity index (χ2v) is 8.34. The van der Waals surface area contributed by atoms with Crippen LogP contribution in [0.25, 0.3) is 11.4 Å². The van der Waals surface area contributed by atoms with Crippen LogP contribution in [0, 0.1) is 0 Å². The number of anilines is 2. The molecule has 0 amide bonds. The molecule has 0 unspecified atom stereocenters. The third kappa shape index (κ3) is 6.99. The number of hydrogen-bond acceptors (Lipinski definition) is 13. The number of pyridine rings is 1. The smallest absolute Gasteiger partial charge is 0.339 e. The Labute approximate surface area is 232 Å². The summed E-state index contributed by atoms with van der Waals surface area (Å²) in [5.74, 6) is 7.67. The molecule has 0 aliphatic rings. The molecule has 0 aliphatic carbocycles. The van der Waals surface area contributed by atoms with Gasteiger partial charge in [0.2, 0.25) is 0 Å². The summed E-state index contributed by atoms with van der Waals surface area (Å²) in [6.07, 6.45) is 2.44. The van der Waals surface area contributed by atoms with Crippen LogP contribution in [0.15, 0.2) is 60.9 Å². The van der Waals surface area contributed by atoms with E-state index in [1.54, 1.807) is 6.92 Å². The number of carbonyl (C=O) groups excluding carboxylic acids is 1. The summed E-state index contributed by atoms with van der Waals surface area (Å²) in [5, 5.41) is 40.1. The van der Waals surface area contributed by atoms with E-state index in [1.807, 2.05) is 0 Å². The molecule has 0 aliphatic heterocycles. The second-order valence-electron chi connectivity index (χ2n) is 8.34.